The van der Waals surface area contributed by atoms with E-state index in [1.54, 1.807) is 7.05 Å². The fourth-order valence-corrected chi connectivity index (χ4v) is 3.68. The van der Waals surface area contributed by atoms with E-state index in [1.165, 1.54) is 18.8 Å². The lowest BCUT2D eigenvalue weighted by Crippen LogP contribution is -2.19. The number of hydrogen-bond donors (Lipinski definition) is 1. The molecule has 2 aromatic carbocycles. The molecular weight excluding hydrogens is 396 g/mol. The molecule has 0 aliphatic carbocycles. The number of aromatic nitrogens is 2. The number of methoxy groups -OCH3 is 2. The number of esters is 2. The number of rotatable bonds is 4. The van der Waals surface area contributed by atoms with E-state index in [0.717, 1.165) is 11.1 Å². The number of nitrogens with zero attached hydrogens (tertiary/aromatic N) is 1. The summed E-state index contributed by atoms with van der Waals surface area (Å²) >= 11 is 0. The van der Waals surface area contributed by atoms with Crippen LogP contribution < -0.4 is 5.56 Å². The molecule has 0 saturated carbocycles. The molecule has 4 rings (SSSR count). The quantitative estimate of drug-likeness (QED) is 0.404. The molecule has 0 aliphatic rings. The summed E-state index contributed by atoms with van der Waals surface area (Å²) in [6.07, 6.45) is 3.91. The van der Waals surface area contributed by atoms with E-state index in [4.69, 9.17) is 9.47 Å². The van der Waals surface area contributed by atoms with Crippen LogP contribution in [-0.4, -0.2) is 35.7 Å². The number of hydrogen-bond acceptors (Lipinski definition) is 5. The molecule has 1 N–H and O–H groups in total. The van der Waals surface area contributed by atoms with Gasteiger partial charge < -0.3 is 19.0 Å². The van der Waals surface area contributed by atoms with Crippen LogP contribution in [0.15, 0.2) is 53.3 Å². The van der Waals surface area contributed by atoms with Crippen LogP contribution in [0.2, 0.25) is 0 Å². The molecule has 0 bridgehead atoms. The average Bonchev–Trinajstić information content (AvgIpc) is 3.21. The Morgan fingerprint density at radius 2 is 1.48 bits per heavy atom. The average molecular weight is 416 g/mol. The molecule has 0 fully saturated rings. The maximum atomic E-state index is 13.1. The summed E-state index contributed by atoms with van der Waals surface area (Å²) in [7, 11) is 4.07. The molecule has 0 unspecified atom stereocenters. The third kappa shape index (κ3) is 3.40. The van der Waals surface area contributed by atoms with Gasteiger partial charge in [0, 0.05) is 17.8 Å². The predicted molar refractivity (Wildman–Crippen MR) is 119 cm³/mol. The fraction of sp³-hybridized carbons (Fsp3) is 0.125. The summed E-state index contributed by atoms with van der Waals surface area (Å²) < 4.78 is 11.1. The fourth-order valence-electron chi connectivity index (χ4n) is 3.68. The van der Waals surface area contributed by atoms with Crippen LogP contribution in [-0.2, 0) is 16.5 Å². The molecular formula is C24H20N2O5. The molecule has 0 aliphatic heterocycles. The summed E-state index contributed by atoms with van der Waals surface area (Å²) in [5.41, 5.74) is 2.07. The Balaban J connectivity index is 2.04. The normalized spacial score (nSPS) is 11.3. The number of pyridine rings is 1. The summed E-state index contributed by atoms with van der Waals surface area (Å²) in [6, 6.07) is 15.4. The van der Waals surface area contributed by atoms with Crippen molar-refractivity contribution in [2.45, 2.75) is 0 Å². The number of H-pyrrole nitrogens is 1. The summed E-state index contributed by atoms with van der Waals surface area (Å²) in [5.74, 6) is -1.42. The van der Waals surface area contributed by atoms with Gasteiger partial charge in [-0.25, -0.2) is 9.59 Å². The number of fused-ring (bicyclic) bond motifs is 3. The first-order valence-electron chi connectivity index (χ1n) is 9.54. The number of carbonyl (C=O) groups excluding carboxylic acids is 2. The van der Waals surface area contributed by atoms with E-state index in [2.05, 4.69) is 4.98 Å². The van der Waals surface area contributed by atoms with E-state index in [-0.39, 0.29) is 16.8 Å². The maximum Gasteiger partial charge on any atom is 0.355 e. The van der Waals surface area contributed by atoms with E-state index in [1.807, 2.05) is 60.7 Å². The van der Waals surface area contributed by atoms with Crippen molar-refractivity contribution in [2.24, 2.45) is 7.05 Å². The zero-order valence-electron chi connectivity index (χ0n) is 17.3. The smallest absolute Gasteiger partial charge is 0.355 e. The van der Waals surface area contributed by atoms with Gasteiger partial charge in [-0.15, -0.1) is 0 Å². The molecule has 156 valence electrons. The molecule has 0 spiro atoms. The van der Waals surface area contributed by atoms with Gasteiger partial charge >= 0.3 is 11.9 Å². The van der Waals surface area contributed by atoms with Crippen molar-refractivity contribution in [2.75, 3.05) is 14.2 Å². The first kappa shape index (κ1) is 20.2. The second-order valence-corrected chi connectivity index (χ2v) is 6.99. The van der Waals surface area contributed by atoms with Crippen LogP contribution >= 0.6 is 0 Å². The summed E-state index contributed by atoms with van der Waals surface area (Å²) in [5, 5.41) is 1.06. The van der Waals surface area contributed by atoms with Crippen molar-refractivity contribution < 1.29 is 19.1 Å². The van der Waals surface area contributed by atoms with Crippen LogP contribution in [0.1, 0.15) is 32.1 Å². The first-order chi connectivity index (χ1) is 15.0. The zero-order valence-corrected chi connectivity index (χ0v) is 17.3. The lowest BCUT2D eigenvalue weighted by atomic mass is 10.0. The monoisotopic (exact) mass is 416 g/mol. The van der Waals surface area contributed by atoms with Gasteiger partial charge in [-0.3, -0.25) is 4.79 Å². The Labute approximate surface area is 177 Å². The Morgan fingerprint density at radius 3 is 2.13 bits per heavy atom. The standard InChI is InChI=1S/C24H20N2O5/c1-26-17-12-11-15(10-9-14-7-5-4-6-8-14)13-16(17)18-19(22(26)27)21(24(29)31-3)25-20(18)23(28)30-2/h4-13,25H,1-3H3. The number of nitrogens with one attached hydrogen (secondary N) is 1. The Morgan fingerprint density at radius 1 is 0.871 bits per heavy atom. The molecule has 2 aromatic heterocycles. The molecule has 0 amide bonds. The zero-order chi connectivity index (χ0) is 22.1. The molecule has 4 aromatic rings. The summed E-state index contributed by atoms with van der Waals surface area (Å²) in [4.78, 5) is 40.6. The van der Waals surface area contributed by atoms with E-state index in [9.17, 15) is 14.4 Å². The van der Waals surface area contributed by atoms with E-state index in [0.29, 0.717) is 16.3 Å². The van der Waals surface area contributed by atoms with Gasteiger partial charge in [0.25, 0.3) is 5.56 Å². The topological polar surface area (TPSA) is 90.4 Å². The van der Waals surface area contributed by atoms with Crippen molar-refractivity contribution >= 4 is 45.8 Å². The van der Waals surface area contributed by atoms with Crippen LogP contribution in [0.3, 0.4) is 0 Å². The van der Waals surface area contributed by atoms with Crippen molar-refractivity contribution in [1.29, 1.82) is 0 Å². The SMILES string of the molecule is COC(=O)c1[nH]c(C(=O)OC)c2c1c(=O)n(C)c1ccc(C=Cc3ccccc3)cc21. The largest absolute Gasteiger partial charge is 0.464 e. The molecule has 2 heterocycles. The molecule has 31 heavy (non-hydrogen) atoms. The lowest BCUT2D eigenvalue weighted by Gasteiger charge is -2.09. The molecule has 0 saturated heterocycles. The lowest BCUT2D eigenvalue weighted by molar-refractivity contribution is 0.0592. The van der Waals surface area contributed by atoms with Crippen molar-refractivity contribution in [3.8, 4) is 0 Å². The van der Waals surface area contributed by atoms with Gasteiger partial charge in [0.15, 0.2) is 0 Å². The van der Waals surface area contributed by atoms with Crippen molar-refractivity contribution in [3.05, 3.63) is 81.4 Å². The second kappa shape index (κ2) is 7.95. The molecule has 0 atom stereocenters. The van der Waals surface area contributed by atoms with Crippen molar-refractivity contribution in [1.82, 2.24) is 9.55 Å². The summed E-state index contributed by atoms with van der Waals surface area (Å²) in [6.45, 7) is 0. The highest BCUT2D eigenvalue weighted by atomic mass is 16.5. The van der Waals surface area contributed by atoms with Crippen LogP contribution in [0.5, 0.6) is 0 Å². The van der Waals surface area contributed by atoms with Gasteiger partial charge in [0.1, 0.15) is 11.4 Å². The van der Waals surface area contributed by atoms with Crippen LogP contribution in [0.25, 0.3) is 33.8 Å². The number of carbonyl (C=O) groups is 2. The highest BCUT2D eigenvalue weighted by Crippen LogP contribution is 2.30. The van der Waals surface area contributed by atoms with E-state index >= 15 is 0 Å². The van der Waals surface area contributed by atoms with Gasteiger partial charge in [-0.05, 0) is 23.3 Å². The highest BCUT2D eigenvalue weighted by Gasteiger charge is 2.26. The third-order valence-electron chi connectivity index (χ3n) is 5.22. The maximum absolute atomic E-state index is 13.1. The highest BCUT2D eigenvalue weighted by molar-refractivity contribution is 6.20. The van der Waals surface area contributed by atoms with E-state index < -0.39 is 17.5 Å². The van der Waals surface area contributed by atoms with Gasteiger partial charge in [0.05, 0.1) is 25.1 Å². The minimum Gasteiger partial charge on any atom is -0.464 e. The van der Waals surface area contributed by atoms with Gasteiger partial charge in [0.2, 0.25) is 0 Å². The van der Waals surface area contributed by atoms with Crippen LogP contribution in [0.4, 0.5) is 0 Å². The minimum absolute atomic E-state index is 0.0322. The molecule has 0 radical (unpaired) electrons. The molecule has 7 heteroatoms. The minimum atomic E-state index is -0.739. The second-order valence-electron chi connectivity index (χ2n) is 6.99. The number of ether oxygens (including phenoxy) is 2. The van der Waals surface area contributed by atoms with Crippen molar-refractivity contribution in [3.63, 3.8) is 0 Å². The third-order valence-corrected chi connectivity index (χ3v) is 5.22. The number of aryl methyl sites for hydroxylation is 1. The van der Waals surface area contributed by atoms with Gasteiger partial charge in [-0.2, -0.15) is 0 Å². The first-order valence-corrected chi connectivity index (χ1v) is 9.54. The van der Waals surface area contributed by atoms with Crippen LogP contribution in [0, 0.1) is 0 Å². The Kier molecular flexibility index (Phi) is 5.17. The number of benzene rings is 2. The van der Waals surface area contributed by atoms with Gasteiger partial charge in [-0.1, -0.05) is 48.6 Å². The molecule has 7 nitrogen and oxygen atoms in total. The Bertz CT molecular complexity index is 1410. The predicted octanol–water partition coefficient (Wildman–Crippen LogP) is 3.76. The Hall–Kier alpha value is -4.13. The number of aromatic amines is 1.